The number of benzene rings is 1. The van der Waals surface area contributed by atoms with E-state index in [0.29, 0.717) is 13.1 Å². The van der Waals surface area contributed by atoms with E-state index in [1.54, 1.807) is 0 Å². The molecule has 4 heteroatoms. The van der Waals surface area contributed by atoms with Crippen LogP contribution in [0.3, 0.4) is 0 Å². The van der Waals surface area contributed by atoms with Crippen LogP contribution in [0.15, 0.2) is 30.3 Å². The van der Waals surface area contributed by atoms with Crippen LogP contribution in [0, 0.1) is 5.92 Å². The number of hydrogen-bond donors (Lipinski definition) is 1. The molecule has 18 heavy (non-hydrogen) atoms. The number of alkyl halides is 2. The van der Waals surface area contributed by atoms with Crippen LogP contribution in [0.4, 0.5) is 8.78 Å². The van der Waals surface area contributed by atoms with Crippen LogP contribution in [0.25, 0.3) is 0 Å². The molecule has 0 unspecified atom stereocenters. The van der Waals surface area contributed by atoms with Crippen molar-refractivity contribution >= 4 is 0 Å². The summed E-state index contributed by atoms with van der Waals surface area (Å²) in [5.74, 6) is -3.07. The molecule has 2 fully saturated rings. The monoisotopic (exact) mass is 252 g/mol. The highest BCUT2D eigenvalue weighted by molar-refractivity contribution is 5.16. The van der Waals surface area contributed by atoms with Crippen molar-refractivity contribution in [2.75, 3.05) is 19.6 Å². The Kier molecular flexibility index (Phi) is 3.08. The Morgan fingerprint density at radius 3 is 2.83 bits per heavy atom. The highest BCUT2D eigenvalue weighted by Crippen LogP contribution is 2.40. The summed E-state index contributed by atoms with van der Waals surface area (Å²) >= 11 is 0. The first kappa shape index (κ1) is 12.1. The van der Waals surface area contributed by atoms with Crippen LogP contribution in [0.1, 0.15) is 12.0 Å². The Labute approximate surface area is 106 Å². The van der Waals surface area contributed by atoms with Crippen molar-refractivity contribution in [1.29, 1.82) is 0 Å². The zero-order valence-corrected chi connectivity index (χ0v) is 10.3. The van der Waals surface area contributed by atoms with Crippen molar-refractivity contribution < 1.29 is 8.78 Å². The van der Waals surface area contributed by atoms with E-state index in [0.717, 1.165) is 18.5 Å². The van der Waals surface area contributed by atoms with Gasteiger partial charge in [0.2, 0.25) is 0 Å². The van der Waals surface area contributed by atoms with Crippen molar-refractivity contribution in [2.45, 2.75) is 24.9 Å². The summed E-state index contributed by atoms with van der Waals surface area (Å²) in [6, 6.07) is 9.92. The predicted molar refractivity (Wildman–Crippen MR) is 66.6 cm³/mol. The first-order valence-corrected chi connectivity index (χ1v) is 6.53. The van der Waals surface area contributed by atoms with Gasteiger partial charge in [0, 0.05) is 19.1 Å². The zero-order chi connectivity index (χ0) is 12.6. The number of nitrogens with zero attached hydrogens (tertiary/aromatic N) is 1. The van der Waals surface area contributed by atoms with E-state index < -0.39 is 11.8 Å². The molecule has 98 valence electrons. The van der Waals surface area contributed by atoms with Crippen molar-refractivity contribution in [3.8, 4) is 0 Å². The van der Waals surface area contributed by atoms with Gasteiger partial charge in [0.15, 0.2) is 0 Å². The maximum atomic E-state index is 14.0. The molecular formula is C14H18F2N2. The molecule has 2 aliphatic heterocycles. The molecule has 2 heterocycles. The van der Waals surface area contributed by atoms with Crippen molar-refractivity contribution in [2.24, 2.45) is 5.92 Å². The topological polar surface area (TPSA) is 15.3 Å². The molecule has 1 aromatic rings. The molecule has 0 bridgehead atoms. The van der Waals surface area contributed by atoms with Gasteiger partial charge in [-0.05, 0) is 18.5 Å². The van der Waals surface area contributed by atoms with Gasteiger partial charge in [-0.15, -0.1) is 0 Å². The van der Waals surface area contributed by atoms with E-state index in [-0.39, 0.29) is 12.6 Å². The van der Waals surface area contributed by atoms with Gasteiger partial charge in [-0.1, -0.05) is 30.3 Å². The normalized spacial score (nSPS) is 31.2. The van der Waals surface area contributed by atoms with Gasteiger partial charge in [-0.3, -0.25) is 4.90 Å². The minimum Gasteiger partial charge on any atom is -0.316 e. The maximum absolute atomic E-state index is 14.0. The average molecular weight is 252 g/mol. The molecule has 0 aliphatic carbocycles. The quantitative estimate of drug-likeness (QED) is 0.867. The number of rotatable bonds is 2. The summed E-state index contributed by atoms with van der Waals surface area (Å²) in [4.78, 5) is 1.96. The summed E-state index contributed by atoms with van der Waals surface area (Å²) in [6.07, 6.45) is 0.826. The lowest BCUT2D eigenvalue weighted by atomic mass is 9.92. The second-order valence-electron chi connectivity index (χ2n) is 5.32. The maximum Gasteiger partial charge on any atom is 0.266 e. The van der Waals surface area contributed by atoms with E-state index >= 15 is 0 Å². The van der Waals surface area contributed by atoms with E-state index in [4.69, 9.17) is 0 Å². The molecule has 0 radical (unpaired) electrons. The molecular weight excluding hydrogens is 234 g/mol. The molecule has 3 rings (SSSR count). The molecule has 0 amide bonds. The highest BCUT2D eigenvalue weighted by atomic mass is 19.3. The minimum absolute atomic E-state index is 0.0291. The van der Waals surface area contributed by atoms with E-state index in [1.165, 1.54) is 0 Å². The molecule has 0 spiro atoms. The number of piperidine rings is 1. The lowest BCUT2D eigenvalue weighted by Gasteiger charge is -2.32. The standard InChI is InChI=1S/C14H18F2N2/c15-14(16)10-18(9-11-4-2-1-3-5-11)13-6-7-17-8-12(13)14/h1-5,12-13,17H,6-10H2/t12-,13+/m1/s1. The largest absolute Gasteiger partial charge is 0.316 e. The van der Waals surface area contributed by atoms with Crippen LogP contribution in [-0.4, -0.2) is 36.5 Å². The Morgan fingerprint density at radius 1 is 1.28 bits per heavy atom. The summed E-state index contributed by atoms with van der Waals surface area (Å²) in [5, 5.41) is 3.09. The van der Waals surface area contributed by atoms with Crippen LogP contribution in [0.2, 0.25) is 0 Å². The number of halogens is 2. The van der Waals surface area contributed by atoms with E-state index in [1.807, 2.05) is 35.2 Å². The van der Waals surface area contributed by atoms with Crippen LogP contribution in [-0.2, 0) is 6.54 Å². The third kappa shape index (κ3) is 2.15. The van der Waals surface area contributed by atoms with Crippen LogP contribution in [0.5, 0.6) is 0 Å². The number of fused-ring (bicyclic) bond motifs is 1. The second kappa shape index (κ2) is 4.59. The summed E-state index contributed by atoms with van der Waals surface area (Å²) in [6.45, 7) is 1.84. The Bertz CT molecular complexity index is 408. The average Bonchev–Trinajstić information content (AvgIpc) is 2.63. The Hall–Kier alpha value is -1.00. The van der Waals surface area contributed by atoms with Gasteiger partial charge in [0.1, 0.15) is 0 Å². The summed E-state index contributed by atoms with van der Waals surface area (Å²) in [7, 11) is 0. The molecule has 2 saturated heterocycles. The number of hydrogen-bond acceptors (Lipinski definition) is 2. The fraction of sp³-hybridized carbons (Fsp3) is 0.571. The van der Waals surface area contributed by atoms with Crippen molar-refractivity contribution in [1.82, 2.24) is 10.2 Å². The summed E-state index contributed by atoms with van der Waals surface area (Å²) < 4.78 is 27.9. The van der Waals surface area contributed by atoms with E-state index in [2.05, 4.69) is 5.32 Å². The van der Waals surface area contributed by atoms with Gasteiger partial charge in [-0.2, -0.15) is 0 Å². The lowest BCUT2D eigenvalue weighted by molar-refractivity contribution is -0.0328. The highest BCUT2D eigenvalue weighted by Gasteiger charge is 2.54. The Morgan fingerprint density at radius 2 is 2.06 bits per heavy atom. The van der Waals surface area contributed by atoms with Gasteiger partial charge in [-0.25, -0.2) is 8.78 Å². The van der Waals surface area contributed by atoms with Crippen LogP contribution < -0.4 is 5.32 Å². The van der Waals surface area contributed by atoms with Gasteiger partial charge >= 0.3 is 0 Å². The van der Waals surface area contributed by atoms with Crippen molar-refractivity contribution in [3.05, 3.63) is 35.9 Å². The molecule has 1 N–H and O–H groups in total. The molecule has 1 aromatic carbocycles. The van der Waals surface area contributed by atoms with Gasteiger partial charge in [0.25, 0.3) is 5.92 Å². The first-order valence-electron chi connectivity index (χ1n) is 6.53. The lowest BCUT2D eigenvalue weighted by Crippen LogP contribution is -2.46. The molecule has 0 aromatic heterocycles. The fourth-order valence-electron chi connectivity index (χ4n) is 3.21. The zero-order valence-electron chi connectivity index (χ0n) is 10.3. The fourth-order valence-corrected chi connectivity index (χ4v) is 3.21. The molecule has 0 saturated carbocycles. The minimum atomic E-state index is -2.55. The Balaban J connectivity index is 1.77. The van der Waals surface area contributed by atoms with E-state index in [9.17, 15) is 8.78 Å². The first-order chi connectivity index (χ1) is 8.67. The SMILES string of the molecule is FC1(F)CN(Cc2ccccc2)[C@H]2CCNC[C@H]21. The smallest absolute Gasteiger partial charge is 0.266 e. The number of likely N-dealkylation sites (tertiary alicyclic amines) is 1. The summed E-state index contributed by atoms with van der Waals surface area (Å²) in [5.41, 5.74) is 1.12. The molecule has 2 atom stereocenters. The predicted octanol–water partition coefficient (Wildman–Crippen LogP) is 2.12. The van der Waals surface area contributed by atoms with Gasteiger partial charge < -0.3 is 5.32 Å². The third-order valence-corrected chi connectivity index (χ3v) is 4.10. The van der Waals surface area contributed by atoms with Gasteiger partial charge in [0.05, 0.1) is 12.5 Å². The molecule has 2 nitrogen and oxygen atoms in total. The number of nitrogens with one attached hydrogen (secondary N) is 1. The second-order valence-corrected chi connectivity index (χ2v) is 5.32. The third-order valence-electron chi connectivity index (χ3n) is 4.10. The van der Waals surface area contributed by atoms with Crippen molar-refractivity contribution in [3.63, 3.8) is 0 Å². The molecule has 2 aliphatic rings. The van der Waals surface area contributed by atoms with Crippen LogP contribution >= 0.6 is 0 Å².